The molecule has 2 aromatic rings. The number of nitrogens with two attached hydrogens (primary N) is 1. The highest BCUT2D eigenvalue weighted by Gasteiger charge is 2.20. The SMILES string of the molecule is Cc1c(N)nc(C(C)(C)C)nc1Nc1ccc(F)c(Br)c1. The van der Waals surface area contributed by atoms with Gasteiger partial charge in [0, 0.05) is 16.7 Å². The third-order valence-corrected chi connectivity index (χ3v) is 3.64. The lowest BCUT2D eigenvalue weighted by Gasteiger charge is -2.20. The van der Waals surface area contributed by atoms with Crippen LogP contribution < -0.4 is 11.1 Å². The zero-order valence-electron chi connectivity index (χ0n) is 12.5. The van der Waals surface area contributed by atoms with Gasteiger partial charge in [0.25, 0.3) is 0 Å². The molecule has 1 aromatic carbocycles. The molecule has 6 heteroatoms. The summed E-state index contributed by atoms with van der Waals surface area (Å²) in [7, 11) is 0. The summed E-state index contributed by atoms with van der Waals surface area (Å²) in [5.74, 6) is 1.42. The quantitative estimate of drug-likeness (QED) is 0.845. The number of hydrogen-bond donors (Lipinski definition) is 2. The molecular formula is C15H18BrFN4. The number of benzene rings is 1. The molecule has 0 atom stereocenters. The van der Waals surface area contributed by atoms with Crippen LogP contribution in [0.3, 0.4) is 0 Å². The van der Waals surface area contributed by atoms with Crippen LogP contribution in [0.5, 0.6) is 0 Å². The van der Waals surface area contributed by atoms with Crippen molar-refractivity contribution in [3.63, 3.8) is 0 Å². The maximum Gasteiger partial charge on any atom is 0.139 e. The first-order valence-corrected chi connectivity index (χ1v) is 7.34. The van der Waals surface area contributed by atoms with E-state index in [1.165, 1.54) is 6.07 Å². The summed E-state index contributed by atoms with van der Waals surface area (Å²) < 4.78 is 13.7. The predicted octanol–water partition coefficient (Wildman–Crippen LogP) is 4.31. The number of aromatic nitrogens is 2. The molecule has 0 radical (unpaired) electrons. The number of nitrogens with zero attached hydrogens (tertiary/aromatic N) is 2. The summed E-state index contributed by atoms with van der Waals surface area (Å²) in [6.45, 7) is 7.92. The van der Waals surface area contributed by atoms with Crippen molar-refractivity contribution < 1.29 is 4.39 Å². The summed E-state index contributed by atoms with van der Waals surface area (Å²) in [5.41, 5.74) is 7.25. The molecule has 21 heavy (non-hydrogen) atoms. The van der Waals surface area contributed by atoms with Gasteiger partial charge in [-0.3, -0.25) is 0 Å². The van der Waals surface area contributed by atoms with Gasteiger partial charge in [-0.25, -0.2) is 14.4 Å². The molecule has 0 bridgehead atoms. The lowest BCUT2D eigenvalue weighted by atomic mass is 9.95. The highest BCUT2D eigenvalue weighted by molar-refractivity contribution is 9.10. The third kappa shape index (κ3) is 3.50. The maximum atomic E-state index is 13.3. The lowest BCUT2D eigenvalue weighted by Crippen LogP contribution is -2.18. The molecule has 0 unspecified atom stereocenters. The minimum atomic E-state index is -0.310. The Labute approximate surface area is 132 Å². The molecule has 0 amide bonds. The summed E-state index contributed by atoms with van der Waals surface area (Å²) in [5, 5.41) is 3.17. The fourth-order valence-electron chi connectivity index (χ4n) is 1.70. The fraction of sp³-hybridized carbons (Fsp3) is 0.333. The van der Waals surface area contributed by atoms with Crippen LogP contribution in [0.1, 0.15) is 32.2 Å². The Morgan fingerprint density at radius 3 is 2.48 bits per heavy atom. The Bertz CT molecular complexity index is 680. The van der Waals surface area contributed by atoms with Crippen LogP contribution in [0.15, 0.2) is 22.7 Å². The van der Waals surface area contributed by atoms with Crippen molar-refractivity contribution >= 4 is 33.3 Å². The molecule has 0 fully saturated rings. The molecule has 4 nitrogen and oxygen atoms in total. The number of nitrogens with one attached hydrogen (secondary N) is 1. The second-order valence-electron chi connectivity index (χ2n) is 5.91. The summed E-state index contributed by atoms with van der Waals surface area (Å²) in [6.07, 6.45) is 0. The fourth-order valence-corrected chi connectivity index (χ4v) is 2.08. The van der Waals surface area contributed by atoms with Crippen LogP contribution in [-0.4, -0.2) is 9.97 Å². The largest absolute Gasteiger partial charge is 0.383 e. The molecular weight excluding hydrogens is 335 g/mol. The number of nitrogen functional groups attached to an aromatic ring is 1. The molecule has 0 aliphatic heterocycles. The van der Waals surface area contributed by atoms with E-state index in [0.717, 1.165) is 11.3 Å². The maximum absolute atomic E-state index is 13.3. The second-order valence-corrected chi connectivity index (χ2v) is 6.76. The topological polar surface area (TPSA) is 63.8 Å². The number of rotatable bonds is 2. The van der Waals surface area contributed by atoms with Gasteiger partial charge in [0.05, 0.1) is 4.47 Å². The van der Waals surface area contributed by atoms with Crippen molar-refractivity contribution in [2.24, 2.45) is 0 Å². The Balaban J connectivity index is 2.43. The van der Waals surface area contributed by atoms with Gasteiger partial charge in [0.15, 0.2) is 0 Å². The molecule has 112 valence electrons. The van der Waals surface area contributed by atoms with E-state index < -0.39 is 0 Å². The molecule has 1 aromatic heterocycles. The van der Waals surface area contributed by atoms with Crippen molar-refractivity contribution in [3.8, 4) is 0 Å². The first kappa shape index (κ1) is 15.7. The van der Waals surface area contributed by atoms with Gasteiger partial charge < -0.3 is 11.1 Å². The minimum Gasteiger partial charge on any atom is -0.383 e. The monoisotopic (exact) mass is 352 g/mol. The number of hydrogen-bond acceptors (Lipinski definition) is 4. The van der Waals surface area contributed by atoms with Crippen molar-refractivity contribution in [3.05, 3.63) is 39.9 Å². The first-order chi connectivity index (χ1) is 9.68. The van der Waals surface area contributed by atoms with Crippen LogP contribution in [0, 0.1) is 12.7 Å². The van der Waals surface area contributed by atoms with E-state index >= 15 is 0 Å². The highest BCUT2D eigenvalue weighted by atomic mass is 79.9. The standard InChI is InChI=1S/C15H18BrFN4/c1-8-12(18)20-14(15(2,3)4)21-13(8)19-9-5-6-11(17)10(16)7-9/h5-7H,1-4H3,(H3,18,19,20,21). The Morgan fingerprint density at radius 2 is 1.90 bits per heavy atom. The molecule has 0 aliphatic carbocycles. The number of anilines is 3. The zero-order chi connectivity index (χ0) is 15.8. The summed E-state index contributed by atoms with van der Waals surface area (Å²) >= 11 is 3.17. The molecule has 0 aliphatic rings. The average molecular weight is 353 g/mol. The van der Waals surface area contributed by atoms with Crippen molar-refractivity contribution in [1.82, 2.24) is 9.97 Å². The lowest BCUT2D eigenvalue weighted by molar-refractivity contribution is 0.546. The summed E-state index contributed by atoms with van der Waals surface area (Å²) in [6, 6.07) is 4.69. The van der Waals surface area contributed by atoms with Crippen molar-refractivity contribution in [2.45, 2.75) is 33.1 Å². The molecule has 0 saturated carbocycles. The van der Waals surface area contributed by atoms with Crippen LogP contribution in [0.25, 0.3) is 0 Å². The predicted molar refractivity (Wildman–Crippen MR) is 87.3 cm³/mol. The average Bonchev–Trinajstić information content (AvgIpc) is 2.38. The van der Waals surface area contributed by atoms with Crippen LogP contribution in [-0.2, 0) is 5.41 Å². The van der Waals surface area contributed by atoms with E-state index in [1.807, 2.05) is 27.7 Å². The van der Waals surface area contributed by atoms with E-state index in [1.54, 1.807) is 12.1 Å². The van der Waals surface area contributed by atoms with E-state index in [4.69, 9.17) is 5.73 Å². The smallest absolute Gasteiger partial charge is 0.139 e. The minimum absolute atomic E-state index is 0.207. The van der Waals surface area contributed by atoms with Gasteiger partial charge in [-0.05, 0) is 41.1 Å². The van der Waals surface area contributed by atoms with E-state index in [9.17, 15) is 4.39 Å². The third-order valence-electron chi connectivity index (χ3n) is 3.04. The normalized spacial score (nSPS) is 11.5. The zero-order valence-corrected chi connectivity index (χ0v) is 14.0. The van der Waals surface area contributed by atoms with Crippen LogP contribution in [0.2, 0.25) is 0 Å². The van der Waals surface area contributed by atoms with Gasteiger partial charge in [0.1, 0.15) is 23.3 Å². The van der Waals surface area contributed by atoms with E-state index in [2.05, 4.69) is 31.2 Å². The molecule has 1 heterocycles. The Morgan fingerprint density at radius 1 is 1.24 bits per heavy atom. The first-order valence-electron chi connectivity index (χ1n) is 6.55. The Hall–Kier alpha value is -1.69. The van der Waals surface area contributed by atoms with Gasteiger partial charge in [-0.15, -0.1) is 0 Å². The Kier molecular flexibility index (Phi) is 4.18. The van der Waals surface area contributed by atoms with Crippen molar-refractivity contribution in [1.29, 1.82) is 0 Å². The second kappa shape index (κ2) is 5.60. The summed E-state index contributed by atoms with van der Waals surface area (Å²) in [4.78, 5) is 8.88. The molecule has 3 N–H and O–H groups in total. The van der Waals surface area contributed by atoms with Crippen LogP contribution in [0.4, 0.5) is 21.7 Å². The van der Waals surface area contributed by atoms with Gasteiger partial charge in [0.2, 0.25) is 0 Å². The van der Waals surface area contributed by atoms with E-state index in [-0.39, 0.29) is 11.2 Å². The number of halogens is 2. The highest BCUT2D eigenvalue weighted by Crippen LogP contribution is 2.28. The van der Waals surface area contributed by atoms with E-state index in [0.29, 0.717) is 21.9 Å². The van der Waals surface area contributed by atoms with Gasteiger partial charge >= 0.3 is 0 Å². The molecule has 0 spiro atoms. The molecule has 0 saturated heterocycles. The van der Waals surface area contributed by atoms with Crippen molar-refractivity contribution in [2.75, 3.05) is 11.1 Å². The molecule has 2 rings (SSSR count). The van der Waals surface area contributed by atoms with Gasteiger partial charge in [-0.1, -0.05) is 20.8 Å². The van der Waals surface area contributed by atoms with Crippen LogP contribution >= 0.6 is 15.9 Å². The van der Waals surface area contributed by atoms with Gasteiger partial charge in [-0.2, -0.15) is 0 Å².